The molecule has 0 bridgehead atoms. The van der Waals surface area contributed by atoms with Crippen molar-refractivity contribution in [2.45, 2.75) is 49.7 Å². The Hall–Kier alpha value is -2.46. The Morgan fingerprint density at radius 2 is 1.78 bits per heavy atom. The molecule has 1 aliphatic carbocycles. The number of rotatable bonds is 6. The molecule has 0 radical (unpaired) electrons. The van der Waals surface area contributed by atoms with Gasteiger partial charge < -0.3 is 9.64 Å². The number of amides is 2. The van der Waals surface area contributed by atoms with Gasteiger partial charge in [-0.1, -0.05) is 36.4 Å². The number of hydrogen-bond acceptors (Lipinski definition) is 5. The lowest BCUT2D eigenvalue weighted by molar-refractivity contribution is -0.134. The van der Waals surface area contributed by atoms with Gasteiger partial charge in [0.1, 0.15) is 4.75 Å². The molecule has 5 rings (SSSR count). The van der Waals surface area contributed by atoms with Gasteiger partial charge in [0.05, 0.1) is 0 Å². The molecule has 2 saturated heterocycles. The molecule has 8 nitrogen and oxygen atoms in total. The average molecular weight is 514 g/mol. The van der Waals surface area contributed by atoms with E-state index in [1.807, 2.05) is 39.0 Å². The fourth-order valence-corrected chi connectivity index (χ4v) is 9.62. The number of carbonyl (C=O) groups excluding carboxylic acids is 2. The average Bonchev–Trinajstić information content (AvgIpc) is 3.70. The zero-order valence-corrected chi connectivity index (χ0v) is 21.4. The zero-order chi connectivity index (χ0) is 25.2. The van der Waals surface area contributed by atoms with Crippen LogP contribution in [0.25, 0.3) is 0 Å². The number of para-hydroxylation sites is 1. The van der Waals surface area contributed by atoms with Crippen molar-refractivity contribution in [2.24, 2.45) is 5.92 Å². The number of hydrogen-bond donors (Lipinski definition) is 2. The van der Waals surface area contributed by atoms with E-state index in [1.54, 1.807) is 12.2 Å². The molecule has 3 aliphatic heterocycles. The van der Waals surface area contributed by atoms with E-state index in [2.05, 4.69) is 12.1 Å². The van der Waals surface area contributed by atoms with Crippen LogP contribution in [0.3, 0.4) is 0 Å². The van der Waals surface area contributed by atoms with Crippen LogP contribution < -0.4 is 10.4 Å². The van der Waals surface area contributed by atoms with E-state index in [1.165, 1.54) is 5.56 Å². The minimum Gasteiger partial charge on any atom is -0.381 e. The van der Waals surface area contributed by atoms with Crippen molar-refractivity contribution >= 4 is 32.1 Å². The van der Waals surface area contributed by atoms with E-state index >= 15 is 0 Å². The van der Waals surface area contributed by atoms with Crippen LogP contribution in [0.4, 0.5) is 5.69 Å². The first kappa shape index (κ1) is 25.2. The lowest BCUT2D eigenvalue weighted by atomic mass is 9.97. The Bertz CT molecular complexity index is 1180. The summed E-state index contributed by atoms with van der Waals surface area (Å²) in [5.74, 6) is -0.240. The van der Waals surface area contributed by atoms with Gasteiger partial charge in [-0.15, -0.1) is 0 Å². The first-order valence-electron chi connectivity index (χ1n) is 12.9. The highest BCUT2D eigenvalue weighted by Gasteiger charge is 2.54. The summed E-state index contributed by atoms with van der Waals surface area (Å²) in [6.45, 7) is 2.71. The Morgan fingerprint density at radius 3 is 2.47 bits per heavy atom. The monoisotopic (exact) mass is 513 g/mol. The van der Waals surface area contributed by atoms with Gasteiger partial charge in [0.25, 0.3) is 11.8 Å². The van der Waals surface area contributed by atoms with Crippen LogP contribution in [0.1, 0.15) is 44.1 Å². The molecule has 36 heavy (non-hydrogen) atoms. The largest absolute Gasteiger partial charge is 0.381 e. The SMILES string of the molecule is O=C(/C=C/C=C/C1CCN(S(=O)(=C2CC2)C2(C(=O)NO)CCOCC2)CC1)N1CCc2ccccc21. The second-order valence-corrected chi connectivity index (χ2v) is 12.9. The molecule has 1 aromatic rings. The summed E-state index contributed by atoms with van der Waals surface area (Å²) < 4.78 is 21.0. The molecule has 1 unspecified atom stereocenters. The molecular formula is C27H35N3O5S. The van der Waals surface area contributed by atoms with Crippen molar-refractivity contribution in [2.75, 3.05) is 37.7 Å². The van der Waals surface area contributed by atoms with E-state index in [9.17, 15) is 19.0 Å². The quantitative estimate of drug-likeness (QED) is 0.200. The van der Waals surface area contributed by atoms with Gasteiger partial charge in [0, 0.05) is 54.3 Å². The van der Waals surface area contributed by atoms with Gasteiger partial charge in [0.15, 0.2) is 0 Å². The summed E-state index contributed by atoms with van der Waals surface area (Å²) in [7, 11) is -2.76. The fraction of sp³-hybridized carbons (Fsp3) is 0.519. The maximum atomic E-state index is 14.6. The maximum absolute atomic E-state index is 14.6. The highest BCUT2D eigenvalue weighted by atomic mass is 32.2. The minimum absolute atomic E-state index is 0.00969. The van der Waals surface area contributed by atoms with Gasteiger partial charge >= 0.3 is 0 Å². The van der Waals surface area contributed by atoms with Crippen LogP contribution in [-0.2, 0) is 30.5 Å². The van der Waals surface area contributed by atoms with Gasteiger partial charge in [-0.3, -0.25) is 19.0 Å². The molecule has 9 heteroatoms. The molecule has 1 saturated carbocycles. The number of ether oxygens (including phenoxy) is 1. The molecule has 2 N–H and O–H groups in total. The van der Waals surface area contributed by atoms with Gasteiger partial charge in [-0.25, -0.2) is 9.79 Å². The van der Waals surface area contributed by atoms with Gasteiger partial charge in [-0.05, 0) is 67.4 Å². The Balaban J connectivity index is 1.22. The predicted octanol–water partition coefficient (Wildman–Crippen LogP) is 2.62. The van der Waals surface area contributed by atoms with Crippen molar-refractivity contribution in [1.29, 1.82) is 0 Å². The summed E-state index contributed by atoms with van der Waals surface area (Å²) >= 11 is 0. The number of nitrogens with zero attached hydrogens (tertiary/aromatic N) is 2. The van der Waals surface area contributed by atoms with Crippen molar-refractivity contribution < 1.29 is 23.7 Å². The first-order chi connectivity index (χ1) is 17.5. The molecule has 1 atom stereocenters. The second kappa shape index (κ2) is 10.5. The molecule has 4 aliphatic rings. The number of piperidine rings is 1. The molecule has 3 heterocycles. The first-order valence-corrected chi connectivity index (χ1v) is 14.4. The van der Waals surface area contributed by atoms with Crippen molar-refractivity contribution in [3.8, 4) is 0 Å². The number of anilines is 1. The van der Waals surface area contributed by atoms with Crippen molar-refractivity contribution in [1.82, 2.24) is 9.79 Å². The molecule has 1 aromatic carbocycles. The van der Waals surface area contributed by atoms with Crippen LogP contribution in [0, 0.1) is 5.92 Å². The molecule has 0 aromatic heterocycles. The van der Waals surface area contributed by atoms with Gasteiger partial charge in [-0.2, -0.15) is 0 Å². The van der Waals surface area contributed by atoms with E-state index in [-0.39, 0.29) is 5.91 Å². The van der Waals surface area contributed by atoms with Crippen LogP contribution >= 0.6 is 0 Å². The topological polar surface area (TPSA) is 99.2 Å². The fourth-order valence-electron chi connectivity index (χ4n) is 5.81. The second-order valence-electron chi connectivity index (χ2n) is 9.99. The predicted molar refractivity (Wildman–Crippen MR) is 140 cm³/mol. The number of allylic oxidation sites excluding steroid dienone is 3. The van der Waals surface area contributed by atoms with Crippen molar-refractivity contribution in [3.63, 3.8) is 0 Å². The van der Waals surface area contributed by atoms with Gasteiger partial charge in [0.2, 0.25) is 0 Å². The summed E-state index contributed by atoms with van der Waals surface area (Å²) in [6, 6.07) is 8.02. The number of fused-ring (bicyclic) bond motifs is 1. The summed E-state index contributed by atoms with van der Waals surface area (Å²) in [5, 5.41) is 9.50. The van der Waals surface area contributed by atoms with Crippen LogP contribution in [0.5, 0.6) is 0 Å². The summed E-state index contributed by atoms with van der Waals surface area (Å²) in [4.78, 5) is 28.3. The molecule has 3 fully saturated rings. The Labute approximate surface area is 213 Å². The van der Waals surface area contributed by atoms with E-state index in [0.717, 1.165) is 42.7 Å². The van der Waals surface area contributed by atoms with E-state index in [0.29, 0.717) is 51.6 Å². The normalized spacial score (nSPS) is 24.1. The van der Waals surface area contributed by atoms with Crippen LogP contribution in [-0.4, -0.2) is 68.0 Å². The lowest BCUT2D eigenvalue weighted by Gasteiger charge is -2.45. The third kappa shape index (κ3) is 4.53. The Morgan fingerprint density at radius 1 is 1.06 bits per heavy atom. The number of hydroxylamine groups is 1. The lowest BCUT2D eigenvalue weighted by Crippen LogP contribution is -2.61. The standard InChI is InChI=1S/C27H35N3O5S/c31-25(30-18-13-22-6-2-3-7-24(22)30)8-4-1-5-21-11-16-29(17-12-21)36(34,23-9-10-23)27(26(32)28-33)14-19-35-20-15-27/h1-8,21,33H,9-20H2,(H,28,32)/b5-1+,8-4+. The maximum Gasteiger partial charge on any atom is 0.263 e. The third-order valence-corrected chi connectivity index (χ3v) is 11.9. The number of nitrogens with one attached hydrogen (secondary N) is 1. The molecule has 2 amide bonds. The molecule has 0 spiro atoms. The van der Waals surface area contributed by atoms with Crippen LogP contribution in [0.15, 0.2) is 48.6 Å². The third-order valence-electron chi connectivity index (χ3n) is 7.94. The highest BCUT2D eigenvalue weighted by Crippen LogP contribution is 2.40. The highest BCUT2D eigenvalue weighted by molar-refractivity contribution is 8.02. The minimum atomic E-state index is -2.76. The summed E-state index contributed by atoms with van der Waals surface area (Å²) in [6.07, 6.45) is 12.3. The number of benzene rings is 1. The Kier molecular flexibility index (Phi) is 7.35. The van der Waals surface area contributed by atoms with Crippen LogP contribution in [0.2, 0.25) is 0 Å². The van der Waals surface area contributed by atoms with E-state index in [4.69, 9.17) is 4.74 Å². The summed E-state index contributed by atoms with van der Waals surface area (Å²) in [5.41, 5.74) is 4.03. The molecular weight excluding hydrogens is 478 g/mol. The smallest absolute Gasteiger partial charge is 0.263 e. The number of carbonyl (C=O) groups is 2. The zero-order valence-electron chi connectivity index (χ0n) is 20.6. The molecule has 194 valence electrons. The van der Waals surface area contributed by atoms with E-state index < -0.39 is 20.4 Å². The van der Waals surface area contributed by atoms with Crippen molar-refractivity contribution in [3.05, 3.63) is 54.1 Å².